The van der Waals surface area contributed by atoms with E-state index in [9.17, 15) is 4.79 Å². The van der Waals surface area contributed by atoms with Crippen LogP contribution in [0.4, 0.5) is 0 Å². The molecule has 14 heavy (non-hydrogen) atoms. The molecule has 0 bridgehead atoms. The normalized spacial score (nSPS) is 9.93. The molecule has 2 nitrogen and oxygen atoms in total. The van der Waals surface area contributed by atoms with E-state index >= 15 is 0 Å². The van der Waals surface area contributed by atoms with Crippen LogP contribution in [0.1, 0.15) is 11.1 Å². The summed E-state index contributed by atoms with van der Waals surface area (Å²) in [5, 5.41) is 0. The Hall–Kier alpha value is -0.960. The van der Waals surface area contributed by atoms with Crippen molar-refractivity contribution in [3.63, 3.8) is 0 Å². The summed E-state index contributed by atoms with van der Waals surface area (Å²) in [6.07, 6.45) is 0. The quantitative estimate of drug-likeness (QED) is 0.566. The summed E-state index contributed by atoms with van der Waals surface area (Å²) in [4.78, 5) is 12.0. The highest BCUT2D eigenvalue weighted by Crippen LogP contribution is 2.20. The van der Waals surface area contributed by atoms with Gasteiger partial charge in [-0.15, -0.1) is 11.8 Å². The fourth-order valence-corrected chi connectivity index (χ4v) is 1.83. The lowest BCUT2D eigenvalue weighted by molar-refractivity contribution is -0.137. The third-order valence-corrected chi connectivity index (χ3v) is 3.03. The van der Waals surface area contributed by atoms with Gasteiger partial charge < -0.3 is 4.74 Å². The van der Waals surface area contributed by atoms with Gasteiger partial charge >= 0.3 is 5.97 Å². The predicted molar refractivity (Wildman–Crippen MR) is 58.7 cm³/mol. The lowest BCUT2D eigenvalue weighted by Gasteiger charge is -2.03. The summed E-state index contributed by atoms with van der Waals surface area (Å²) in [5.41, 5.74) is 2.52. The second-order valence-corrected chi connectivity index (χ2v) is 4.16. The van der Waals surface area contributed by atoms with Gasteiger partial charge in [-0.25, -0.2) is 0 Å². The van der Waals surface area contributed by atoms with E-state index in [2.05, 4.69) is 30.7 Å². The van der Waals surface area contributed by atoms with E-state index in [1.165, 1.54) is 30.0 Å². The van der Waals surface area contributed by atoms with Crippen LogP contribution in [0.15, 0.2) is 23.1 Å². The van der Waals surface area contributed by atoms with Crippen molar-refractivity contribution in [3.8, 4) is 0 Å². The SMILES string of the molecule is COC(=O)CSc1ccc(C)c(C)c1. The molecular weight excluding hydrogens is 196 g/mol. The minimum absolute atomic E-state index is 0.187. The van der Waals surface area contributed by atoms with Gasteiger partial charge in [0.2, 0.25) is 0 Å². The molecule has 0 amide bonds. The zero-order valence-electron chi connectivity index (χ0n) is 8.66. The maximum absolute atomic E-state index is 10.9. The second-order valence-electron chi connectivity index (χ2n) is 3.11. The Labute approximate surface area is 88.7 Å². The molecular formula is C11H14O2S. The molecule has 0 aliphatic rings. The Morgan fingerprint density at radius 3 is 2.64 bits per heavy atom. The van der Waals surface area contributed by atoms with Gasteiger partial charge in [-0.3, -0.25) is 4.79 Å². The van der Waals surface area contributed by atoms with Crippen LogP contribution in [0.3, 0.4) is 0 Å². The number of carbonyl (C=O) groups excluding carboxylic acids is 1. The molecule has 0 unspecified atom stereocenters. The van der Waals surface area contributed by atoms with Crippen LogP contribution < -0.4 is 0 Å². The first-order chi connectivity index (χ1) is 6.63. The van der Waals surface area contributed by atoms with Gasteiger partial charge in [0.05, 0.1) is 12.9 Å². The van der Waals surface area contributed by atoms with Crippen LogP contribution in [0.5, 0.6) is 0 Å². The monoisotopic (exact) mass is 210 g/mol. The van der Waals surface area contributed by atoms with Crippen LogP contribution in [0, 0.1) is 13.8 Å². The van der Waals surface area contributed by atoms with Crippen LogP contribution in [0.2, 0.25) is 0 Å². The van der Waals surface area contributed by atoms with E-state index in [1.807, 2.05) is 6.07 Å². The van der Waals surface area contributed by atoms with Gasteiger partial charge in [0.1, 0.15) is 0 Å². The summed E-state index contributed by atoms with van der Waals surface area (Å²) < 4.78 is 4.57. The van der Waals surface area contributed by atoms with E-state index in [0.717, 1.165) is 4.90 Å². The van der Waals surface area contributed by atoms with Crippen molar-refractivity contribution < 1.29 is 9.53 Å². The minimum atomic E-state index is -0.187. The Kier molecular flexibility index (Phi) is 4.01. The number of thioether (sulfide) groups is 1. The Morgan fingerprint density at radius 2 is 2.07 bits per heavy atom. The topological polar surface area (TPSA) is 26.3 Å². The Balaban J connectivity index is 2.60. The molecule has 0 aromatic heterocycles. The molecule has 1 rings (SSSR count). The van der Waals surface area contributed by atoms with E-state index in [1.54, 1.807) is 0 Å². The van der Waals surface area contributed by atoms with Crippen LogP contribution in [0.25, 0.3) is 0 Å². The standard InChI is InChI=1S/C11H14O2S/c1-8-4-5-10(6-9(8)2)14-7-11(12)13-3/h4-6H,7H2,1-3H3. The highest BCUT2D eigenvalue weighted by atomic mass is 32.2. The number of hydrogen-bond acceptors (Lipinski definition) is 3. The number of carbonyl (C=O) groups is 1. The number of rotatable bonds is 3. The first-order valence-corrected chi connectivity index (χ1v) is 5.39. The minimum Gasteiger partial charge on any atom is -0.468 e. The lowest BCUT2D eigenvalue weighted by atomic mass is 10.1. The third kappa shape index (κ3) is 3.07. The molecule has 0 saturated heterocycles. The van der Waals surface area contributed by atoms with Gasteiger partial charge in [0.25, 0.3) is 0 Å². The third-order valence-electron chi connectivity index (χ3n) is 2.06. The average Bonchev–Trinajstić information content (AvgIpc) is 2.19. The molecule has 0 N–H and O–H groups in total. The summed E-state index contributed by atoms with van der Waals surface area (Å²) in [6.45, 7) is 4.14. The van der Waals surface area contributed by atoms with Gasteiger partial charge in [0.15, 0.2) is 0 Å². The molecule has 0 saturated carbocycles. The highest BCUT2D eigenvalue weighted by Gasteiger charge is 2.02. The van der Waals surface area contributed by atoms with Crippen LogP contribution in [-0.4, -0.2) is 18.8 Å². The molecule has 0 aliphatic carbocycles. The number of benzene rings is 1. The van der Waals surface area contributed by atoms with Crippen molar-refractivity contribution in [2.75, 3.05) is 12.9 Å². The van der Waals surface area contributed by atoms with Crippen molar-refractivity contribution in [2.24, 2.45) is 0 Å². The number of aryl methyl sites for hydroxylation is 2. The maximum atomic E-state index is 10.9. The summed E-state index contributed by atoms with van der Waals surface area (Å²) in [7, 11) is 1.41. The number of esters is 1. The second kappa shape index (κ2) is 5.05. The molecule has 1 aromatic carbocycles. The molecule has 76 valence electrons. The van der Waals surface area contributed by atoms with Crippen molar-refractivity contribution in [1.29, 1.82) is 0 Å². The highest BCUT2D eigenvalue weighted by molar-refractivity contribution is 8.00. The molecule has 0 radical (unpaired) electrons. The Morgan fingerprint density at radius 1 is 1.36 bits per heavy atom. The van der Waals surface area contributed by atoms with Crippen LogP contribution in [-0.2, 0) is 9.53 Å². The summed E-state index contributed by atoms with van der Waals surface area (Å²) in [5.74, 6) is 0.187. The summed E-state index contributed by atoms with van der Waals surface area (Å²) in [6, 6.07) is 6.17. The van der Waals surface area contributed by atoms with E-state index in [-0.39, 0.29) is 5.97 Å². The number of hydrogen-bond donors (Lipinski definition) is 0. The smallest absolute Gasteiger partial charge is 0.315 e. The molecule has 0 spiro atoms. The van der Waals surface area contributed by atoms with Crippen molar-refractivity contribution in [2.45, 2.75) is 18.7 Å². The molecule has 0 atom stereocenters. The maximum Gasteiger partial charge on any atom is 0.315 e. The fourth-order valence-electron chi connectivity index (χ4n) is 1.00. The van der Waals surface area contributed by atoms with E-state index in [4.69, 9.17) is 0 Å². The van der Waals surface area contributed by atoms with Crippen molar-refractivity contribution in [3.05, 3.63) is 29.3 Å². The zero-order valence-corrected chi connectivity index (χ0v) is 9.48. The van der Waals surface area contributed by atoms with Crippen molar-refractivity contribution in [1.82, 2.24) is 0 Å². The molecule has 0 aliphatic heterocycles. The van der Waals surface area contributed by atoms with Crippen LogP contribution >= 0.6 is 11.8 Å². The zero-order chi connectivity index (χ0) is 10.6. The van der Waals surface area contributed by atoms with Gasteiger partial charge in [-0.05, 0) is 37.1 Å². The first-order valence-electron chi connectivity index (χ1n) is 4.40. The number of methoxy groups -OCH3 is 1. The molecule has 0 fully saturated rings. The largest absolute Gasteiger partial charge is 0.468 e. The fraction of sp³-hybridized carbons (Fsp3) is 0.364. The summed E-state index contributed by atoms with van der Waals surface area (Å²) >= 11 is 1.50. The van der Waals surface area contributed by atoms with Gasteiger partial charge in [-0.1, -0.05) is 6.07 Å². The Bertz CT molecular complexity index is 334. The van der Waals surface area contributed by atoms with Gasteiger partial charge in [0, 0.05) is 4.90 Å². The van der Waals surface area contributed by atoms with Crippen molar-refractivity contribution >= 4 is 17.7 Å². The lowest BCUT2D eigenvalue weighted by Crippen LogP contribution is -2.02. The van der Waals surface area contributed by atoms with Gasteiger partial charge in [-0.2, -0.15) is 0 Å². The first kappa shape index (κ1) is 11.1. The van der Waals surface area contributed by atoms with E-state index < -0.39 is 0 Å². The molecule has 0 heterocycles. The predicted octanol–water partition coefficient (Wildman–Crippen LogP) is 2.57. The molecule has 1 aromatic rings. The number of ether oxygens (including phenoxy) is 1. The molecule has 3 heteroatoms. The average molecular weight is 210 g/mol. The van der Waals surface area contributed by atoms with E-state index in [0.29, 0.717) is 5.75 Å².